The second kappa shape index (κ2) is 13.1. The smallest absolute Gasteiger partial charge is 0.375 e. The first-order valence-electron chi connectivity index (χ1n) is 17.1. The highest BCUT2D eigenvalue weighted by Crippen LogP contribution is 2.61. The SMILES string of the molecule is CCOC(=O)C1=C(C=O)C(=C2CCC(=O)C(c3ccc4[nH]ccc4c3)C2)c2c(c(CO)c3c(c2OCCCO)C2CCCC(C)(O)C2O3)O1. The Bertz CT molecular complexity index is 1900. The number of carbonyl (C=O) groups excluding carboxylic acids is 3. The zero-order valence-corrected chi connectivity index (χ0v) is 27.7. The molecule has 2 fully saturated rings. The molecule has 0 bridgehead atoms. The van der Waals surface area contributed by atoms with Crippen LogP contribution in [0.2, 0.25) is 0 Å². The van der Waals surface area contributed by atoms with Crippen molar-refractivity contribution in [3.05, 3.63) is 69.6 Å². The third kappa shape index (κ3) is 5.53. The van der Waals surface area contributed by atoms with Crippen LogP contribution in [0.3, 0.4) is 0 Å². The summed E-state index contributed by atoms with van der Waals surface area (Å²) in [5, 5.41) is 33.0. The summed E-state index contributed by atoms with van der Waals surface area (Å²) in [6.45, 7) is 2.88. The number of aliphatic hydroxyl groups is 3. The molecule has 2 aliphatic carbocycles. The minimum absolute atomic E-state index is 0.0305. The van der Waals surface area contributed by atoms with E-state index in [4.69, 9.17) is 18.9 Å². The first kappa shape index (κ1) is 33.1. The predicted octanol–water partition coefficient (Wildman–Crippen LogP) is 4.90. The zero-order chi connectivity index (χ0) is 34.4. The number of aldehydes is 1. The molecule has 49 heavy (non-hydrogen) atoms. The molecule has 7 rings (SSSR count). The van der Waals surface area contributed by atoms with Gasteiger partial charge in [0, 0.05) is 54.1 Å². The van der Waals surface area contributed by atoms with Gasteiger partial charge in [0.15, 0.2) is 6.29 Å². The lowest BCUT2D eigenvalue weighted by Crippen LogP contribution is -2.47. The quantitative estimate of drug-likeness (QED) is 0.140. The Kier molecular flexibility index (Phi) is 8.85. The molecule has 0 radical (unpaired) electrons. The van der Waals surface area contributed by atoms with Gasteiger partial charge >= 0.3 is 5.97 Å². The number of benzene rings is 2. The van der Waals surface area contributed by atoms with E-state index in [-0.39, 0.29) is 67.0 Å². The highest BCUT2D eigenvalue weighted by molar-refractivity contribution is 6.11. The average molecular weight is 672 g/mol. The molecule has 2 aromatic carbocycles. The lowest BCUT2D eigenvalue weighted by Gasteiger charge is -2.38. The number of hydrogen-bond donors (Lipinski definition) is 4. The van der Waals surface area contributed by atoms with Crippen LogP contribution in [0, 0.1) is 0 Å². The van der Waals surface area contributed by atoms with E-state index in [1.165, 1.54) is 0 Å². The molecule has 2 saturated carbocycles. The minimum Gasteiger partial charge on any atom is -0.492 e. The van der Waals surface area contributed by atoms with Crippen LogP contribution in [-0.4, -0.2) is 69.9 Å². The van der Waals surface area contributed by atoms with Crippen LogP contribution in [-0.2, 0) is 25.7 Å². The van der Waals surface area contributed by atoms with E-state index >= 15 is 0 Å². The molecular weight excluding hydrogens is 630 g/mol. The van der Waals surface area contributed by atoms with E-state index in [9.17, 15) is 29.7 Å². The van der Waals surface area contributed by atoms with E-state index in [1.54, 1.807) is 13.8 Å². The lowest BCUT2D eigenvalue weighted by atomic mass is 9.72. The molecule has 0 saturated heterocycles. The molecule has 11 nitrogen and oxygen atoms in total. The van der Waals surface area contributed by atoms with E-state index in [0.29, 0.717) is 60.2 Å². The van der Waals surface area contributed by atoms with Gasteiger partial charge in [-0.2, -0.15) is 0 Å². The molecule has 4 N–H and O–H groups in total. The normalized spacial score (nSPS) is 26.1. The van der Waals surface area contributed by atoms with Gasteiger partial charge in [0.05, 0.1) is 42.1 Å². The predicted molar refractivity (Wildman–Crippen MR) is 178 cm³/mol. The first-order chi connectivity index (χ1) is 23.7. The van der Waals surface area contributed by atoms with Crippen LogP contribution in [0.5, 0.6) is 17.2 Å². The van der Waals surface area contributed by atoms with Crippen LogP contribution >= 0.6 is 0 Å². The Morgan fingerprint density at radius 2 is 2.02 bits per heavy atom. The Morgan fingerprint density at radius 1 is 1.18 bits per heavy atom. The van der Waals surface area contributed by atoms with Gasteiger partial charge < -0.3 is 39.3 Å². The molecule has 2 aliphatic heterocycles. The van der Waals surface area contributed by atoms with Crippen LogP contribution in [0.4, 0.5) is 0 Å². The molecule has 0 spiro atoms. The Hall–Kier alpha value is -4.45. The number of Topliss-reactive ketones (excluding diaryl/α,β-unsaturated/α-hetero) is 1. The Balaban J connectivity index is 1.49. The van der Waals surface area contributed by atoms with Crippen molar-refractivity contribution in [2.24, 2.45) is 0 Å². The zero-order valence-electron chi connectivity index (χ0n) is 27.7. The second-order valence-electron chi connectivity index (χ2n) is 13.4. The molecule has 4 aliphatic rings. The fourth-order valence-corrected chi connectivity index (χ4v) is 8.10. The van der Waals surface area contributed by atoms with E-state index < -0.39 is 30.2 Å². The van der Waals surface area contributed by atoms with Gasteiger partial charge in [-0.15, -0.1) is 0 Å². The summed E-state index contributed by atoms with van der Waals surface area (Å²) < 4.78 is 24.6. The van der Waals surface area contributed by atoms with Gasteiger partial charge in [0.2, 0.25) is 5.76 Å². The van der Waals surface area contributed by atoms with Crippen LogP contribution in [0.25, 0.3) is 16.5 Å². The topological polar surface area (TPSA) is 165 Å². The highest BCUT2D eigenvalue weighted by Gasteiger charge is 2.52. The average Bonchev–Trinajstić information content (AvgIpc) is 3.73. The maximum absolute atomic E-state index is 13.5. The number of hydrogen-bond acceptors (Lipinski definition) is 10. The van der Waals surface area contributed by atoms with E-state index in [0.717, 1.165) is 28.5 Å². The number of esters is 1. The van der Waals surface area contributed by atoms with Gasteiger partial charge in [-0.25, -0.2) is 4.79 Å². The molecule has 3 heterocycles. The summed E-state index contributed by atoms with van der Waals surface area (Å²) in [5.41, 5.74) is 3.05. The number of aromatic nitrogens is 1. The Labute approximate surface area is 283 Å². The first-order valence-corrected chi connectivity index (χ1v) is 17.1. The minimum atomic E-state index is -1.17. The van der Waals surface area contributed by atoms with Gasteiger partial charge in [-0.3, -0.25) is 9.59 Å². The maximum Gasteiger partial charge on any atom is 0.375 e. The molecule has 4 atom stereocenters. The fourth-order valence-electron chi connectivity index (χ4n) is 8.10. The number of fused-ring (bicyclic) bond motifs is 5. The Morgan fingerprint density at radius 3 is 2.78 bits per heavy atom. The van der Waals surface area contributed by atoms with Crippen molar-refractivity contribution in [2.45, 2.75) is 88.9 Å². The number of allylic oxidation sites excluding steroid dienone is 3. The molecule has 0 amide bonds. The van der Waals surface area contributed by atoms with Crippen molar-refractivity contribution in [3.63, 3.8) is 0 Å². The maximum atomic E-state index is 13.5. The van der Waals surface area contributed by atoms with Crippen molar-refractivity contribution in [1.29, 1.82) is 0 Å². The number of carbonyl (C=O) groups is 3. The van der Waals surface area contributed by atoms with Gasteiger partial charge in [0.1, 0.15) is 29.1 Å². The van der Waals surface area contributed by atoms with Crippen molar-refractivity contribution in [1.82, 2.24) is 4.98 Å². The summed E-state index contributed by atoms with van der Waals surface area (Å²) in [5.74, 6) is -1.15. The van der Waals surface area contributed by atoms with Gasteiger partial charge in [0.25, 0.3) is 0 Å². The third-order valence-electron chi connectivity index (χ3n) is 10.4. The second-order valence-corrected chi connectivity index (χ2v) is 13.4. The molecule has 11 heteroatoms. The number of aliphatic hydroxyl groups excluding tert-OH is 2. The van der Waals surface area contributed by atoms with Crippen molar-refractivity contribution >= 4 is 34.5 Å². The molecule has 4 unspecified atom stereocenters. The van der Waals surface area contributed by atoms with Crippen molar-refractivity contribution < 1.29 is 48.7 Å². The number of ether oxygens (including phenoxy) is 4. The molecule has 258 valence electrons. The summed E-state index contributed by atoms with van der Waals surface area (Å²) in [7, 11) is 0. The standard InChI is InChI=1S/C38H41NO10/c1-3-46-37(44)34-25(18-41)29(22-8-10-28(43)24(17-22)20-7-9-27-21(16-20)11-13-39-27)31-33(48-34)26(19-42)32-30(35(31)47-15-5-14-40)23-6-4-12-38(2,45)36(23)49-32/h7,9,11,13,16,18,23-24,36,39-40,42,45H,3-6,8,10,12,14-15,17,19H2,1-2H3. The lowest BCUT2D eigenvalue weighted by molar-refractivity contribution is -0.141. The fraction of sp³-hybridized carbons (Fsp3) is 0.447. The van der Waals surface area contributed by atoms with Crippen LogP contribution in [0.15, 0.2) is 47.4 Å². The summed E-state index contributed by atoms with van der Waals surface area (Å²) in [4.78, 5) is 43.3. The number of H-pyrrole nitrogens is 1. The van der Waals surface area contributed by atoms with Crippen LogP contribution < -0.4 is 14.2 Å². The summed E-state index contributed by atoms with van der Waals surface area (Å²) in [6.07, 6.45) is 4.84. The molecule has 3 aromatic rings. The van der Waals surface area contributed by atoms with Crippen LogP contribution in [0.1, 0.15) is 92.9 Å². The monoisotopic (exact) mass is 671 g/mol. The number of nitrogens with one attached hydrogen (secondary N) is 1. The largest absolute Gasteiger partial charge is 0.492 e. The third-order valence-corrected chi connectivity index (χ3v) is 10.4. The number of rotatable bonds is 9. The van der Waals surface area contributed by atoms with Crippen molar-refractivity contribution in [2.75, 3.05) is 19.8 Å². The van der Waals surface area contributed by atoms with Gasteiger partial charge in [-0.1, -0.05) is 11.6 Å². The highest BCUT2D eigenvalue weighted by atomic mass is 16.6. The van der Waals surface area contributed by atoms with Gasteiger partial charge in [-0.05, 0) is 75.1 Å². The summed E-state index contributed by atoms with van der Waals surface area (Å²) in [6, 6.07) is 7.81. The van der Waals surface area contributed by atoms with E-state index in [2.05, 4.69) is 4.98 Å². The number of ketones is 1. The van der Waals surface area contributed by atoms with Crippen molar-refractivity contribution in [3.8, 4) is 17.2 Å². The summed E-state index contributed by atoms with van der Waals surface area (Å²) >= 11 is 0. The van der Waals surface area contributed by atoms with E-state index in [1.807, 2.05) is 30.5 Å². The molecular formula is C38H41NO10. The number of aromatic amines is 1. The molecule has 1 aromatic heterocycles.